The Bertz CT molecular complexity index is 1700. The molecule has 0 spiro atoms. The third kappa shape index (κ3) is 9.99. The first kappa shape index (κ1) is 38.4. The van der Waals surface area contributed by atoms with Crippen LogP contribution in [0.15, 0.2) is 126 Å². The SMILES string of the molecule is CC(C)(C)c1[c-]c2c(cc1)-c1ccc(C(C)(C)C)cc1C2.[C-]1=C(c2ccoc2)C=CC1.[Cl-].[Cl-].[Zr+2]=[C](c1ccccc1)c1ccccc1. The molecule has 0 bridgehead atoms. The van der Waals surface area contributed by atoms with Gasteiger partial charge in [-0.15, -0.1) is 17.2 Å². The first-order chi connectivity index (χ1) is 21.5. The first-order valence-corrected chi connectivity index (χ1v) is 16.9. The third-order valence-electron chi connectivity index (χ3n) is 8.12. The molecule has 0 radical (unpaired) electrons. The van der Waals surface area contributed by atoms with Gasteiger partial charge in [-0.1, -0.05) is 83.4 Å². The van der Waals surface area contributed by atoms with Crippen LogP contribution < -0.4 is 24.8 Å². The van der Waals surface area contributed by atoms with Gasteiger partial charge in [-0.25, -0.2) is 0 Å². The molecular formula is C43H42Cl2OZr-2. The molecule has 7 rings (SSSR count). The molecule has 0 saturated heterocycles. The van der Waals surface area contributed by atoms with Gasteiger partial charge in [0.05, 0.1) is 6.26 Å². The van der Waals surface area contributed by atoms with E-state index in [-0.39, 0.29) is 35.6 Å². The molecular weight excluding hydrogens is 695 g/mol. The Labute approximate surface area is 309 Å². The summed E-state index contributed by atoms with van der Waals surface area (Å²) in [6, 6.07) is 38.2. The van der Waals surface area contributed by atoms with Crippen molar-refractivity contribution in [3.63, 3.8) is 0 Å². The van der Waals surface area contributed by atoms with Crippen LogP contribution >= 0.6 is 0 Å². The number of halogens is 2. The number of fused-ring (bicyclic) bond motifs is 3. The van der Waals surface area contributed by atoms with Crippen LogP contribution in [0.2, 0.25) is 0 Å². The van der Waals surface area contributed by atoms with Crippen LogP contribution in [0.1, 0.15) is 86.9 Å². The molecule has 0 N–H and O–H groups in total. The van der Waals surface area contributed by atoms with Gasteiger partial charge in [0.25, 0.3) is 0 Å². The number of allylic oxidation sites excluding steroid dienone is 4. The van der Waals surface area contributed by atoms with Crippen LogP contribution in [0, 0.1) is 12.1 Å². The fourth-order valence-corrected chi connectivity index (χ4v) is 6.24. The number of rotatable bonds is 3. The maximum atomic E-state index is 4.93. The van der Waals surface area contributed by atoms with Gasteiger partial charge in [0.15, 0.2) is 0 Å². The van der Waals surface area contributed by atoms with Gasteiger partial charge in [-0.05, 0) is 28.4 Å². The van der Waals surface area contributed by atoms with Crippen molar-refractivity contribution in [3.8, 4) is 11.1 Å². The van der Waals surface area contributed by atoms with Gasteiger partial charge < -0.3 is 29.2 Å². The molecule has 0 aliphatic heterocycles. The normalized spacial score (nSPS) is 12.6. The van der Waals surface area contributed by atoms with Crippen molar-refractivity contribution in [2.75, 3.05) is 0 Å². The summed E-state index contributed by atoms with van der Waals surface area (Å²) in [6.45, 7) is 13.6. The van der Waals surface area contributed by atoms with Crippen LogP contribution in [0.5, 0.6) is 0 Å². The van der Waals surface area contributed by atoms with Gasteiger partial charge in [0, 0.05) is 6.26 Å². The predicted molar refractivity (Wildman–Crippen MR) is 186 cm³/mol. The van der Waals surface area contributed by atoms with E-state index in [2.05, 4.69) is 157 Å². The van der Waals surface area contributed by atoms with Gasteiger partial charge in [-0.3, -0.25) is 0 Å². The molecule has 47 heavy (non-hydrogen) atoms. The van der Waals surface area contributed by atoms with E-state index in [4.69, 9.17) is 4.42 Å². The summed E-state index contributed by atoms with van der Waals surface area (Å²) in [6.07, 6.45) is 12.7. The maximum absolute atomic E-state index is 4.93. The van der Waals surface area contributed by atoms with Gasteiger partial charge >= 0.3 is 99.2 Å². The average molecular weight is 737 g/mol. The first-order valence-electron chi connectivity index (χ1n) is 15.7. The molecule has 0 unspecified atom stereocenters. The summed E-state index contributed by atoms with van der Waals surface area (Å²) >= 11 is 1.46. The molecule has 1 nitrogen and oxygen atoms in total. The molecule has 1 heterocycles. The van der Waals surface area contributed by atoms with Gasteiger partial charge in [0.1, 0.15) is 0 Å². The molecule has 1 aromatic heterocycles. The Morgan fingerprint density at radius 2 is 1.34 bits per heavy atom. The molecule has 0 amide bonds. The molecule has 0 atom stereocenters. The number of hydrogen-bond acceptors (Lipinski definition) is 1. The molecule has 0 fully saturated rings. The summed E-state index contributed by atoms with van der Waals surface area (Å²) in [5.41, 5.74) is 13.6. The molecule has 2 aliphatic rings. The van der Waals surface area contributed by atoms with Crippen LogP contribution in [-0.4, -0.2) is 3.21 Å². The molecule has 4 heteroatoms. The van der Waals surface area contributed by atoms with E-state index < -0.39 is 0 Å². The van der Waals surface area contributed by atoms with Crippen molar-refractivity contribution in [1.82, 2.24) is 0 Å². The molecule has 240 valence electrons. The van der Waals surface area contributed by atoms with Crippen molar-refractivity contribution in [1.29, 1.82) is 0 Å². The van der Waals surface area contributed by atoms with Gasteiger partial charge in [0.2, 0.25) is 0 Å². The Balaban J connectivity index is 0.000000200. The van der Waals surface area contributed by atoms with Gasteiger partial charge in [-0.2, -0.15) is 41.5 Å². The zero-order valence-electron chi connectivity index (χ0n) is 28.1. The Morgan fingerprint density at radius 3 is 1.85 bits per heavy atom. The van der Waals surface area contributed by atoms with Crippen molar-refractivity contribution >= 4 is 8.78 Å². The standard InChI is InChI=1S/C21H25.C13H10.C9H7O.2ClH.Zr/c1-20(2,3)16-7-9-18-14(12-16)11-15-13-17(21(4,5)6)8-10-19(15)18;1-3-7-12(8-4-1)11-13-9-5-2-6-10-13;1-2-4-8(3-1)9-5-6-10-7-9;;;/h7-10,12H,11H2,1-6H3;1-10H;1,3,5-7H,2H2;2*1H;/q-1;;-1;;;+2/p-2. The number of benzene rings is 4. The molecule has 0 saturated carbocycles. The zero-order chi connectivity index (χ0) is 32.0. The Hall–Kier alpha value is -3.03. The predicted octanol–water partition coefficient (Wildman–Crippen LogP) is 4.89. The fourth-order valence-electron chi connectivity index (χ4n) is 5.42. The zero-order valence-corrected chi connectivity index (χ0v) is 32.1. The minimum atomic E-state index is 0. The van der Waals surface area contributed by atoms with E-state index in [1.54, 1.807) is 12.5 Å². The quantitative estimate of drug-likeness (QED) is 0.236. The van der Waals surface area contributed by atoms with Crippen molar-refractivity contribution in [2.45, 2.75) is 65.2 Å². The second-order valence-electron chi connectivity index (χ2n) is 13.6. The summed E-state index contributed by atoms with van der Waals surface area (Å²) in [5.74, 6) is 0. The summed E-state index contributed by atoms with van der Waals surface area (Å²) in [4.78, 5) is 0. The van der Waals surface area contributed by atoms with Crippen LogP contribution in [-0.2, 0) is 41.5 Å². The molecule has 5 aromatic rings. The van der Waals surface area contributed by atoms with Crippen LogP contribution in [0.3, 0.4) is 0 Å². The number of furan rings is 1. The monoisotopic (exact) mass is 734 g/mol. The topological polar surface area (TPSA) is 13.1 Å². The summed E-state index contributed by atoms with van der Waals surface area (Å²) in [7, 11) is 0. The summed E-state index contributed by atoms with van der Waals surface area (Å²) < 4.78 is 6.35. The van der Waals surface area contributed by atoms with Crippen LogP contribution in [0.25, 0.3) is 16.7 Å². The van der Waals surface area contributed by atoms with Crippen molar-refractivity contribution in [3.05, 3.63) is 173 Å². The van der Waals surface area contributed by atoms with E-state index in [0.717, 1.165) is 24.0 Å². The van der Waals surface area contributed by atoms with Crippen molar-refractivity contribution in [2.24, 2.45) is 0 Å². The number of hydrogen-bond donors (Lipinski definition) is 0. The van der Waals surface area contributed by atoms with E-state index in [1.165, 1.54) is 71.9 Å². The Morgan fingerprint density at radius 1 is 0.723 bits per heavy atom. The van der Waals surface area contributed by atoms with Crippen LogP contribution in [0.4, 0.5) is 0 Å². The minimum absolute atomic E-state index is 0. The van der Waals surface area contributed by atoms with E-state index >= 15 is 0 Å². The molecule has 2 aliphatic carbocycles. The fraction of sp³-hybridized carbons (Fsp3) is 0.233. The second kappa shape index (κ2) is 16.9. The average Bonchev–Trinajstić information content (AvgIpc) is 3.82. The van der Waals surface area contributed by atoms with E-state index in [0.29, 0.717) is 0 Å². The molecule has 4 aromatic carbocycles. The van der Waals surface area contributed by atoms with E-state index in [1.807, 2.05) is 6.07 Å². The summed E-state index contributed by atoms with van der Waals surface area (Å²) in [5, 5.41) is 0. The second-order valence-corrected chi connectivity index (χ2v) is 14.9. The third-order valence-corrected chi connectivity index (χ3v) is 9.54. The Kier molecular flexibility index (Phi) is 13.8. The van der Waals surface area contributed by atoms with Crippen molar-refractivity contribution < 1.29 is 53.5 Å². The van der Waals surface area contributed by atoms with E-state index in [9.17, 15) is 0 Å².